The molecule has 0 atom stereocenters. The van der Waals surface area contributed by atoms with E-state index in [0.717, 1.165) is 6.29 Å². The number of carbonyl (C=O) groups is 1. The van der Waals surface area contributed by atoms with Crippen molar-refractivity contribution in [3.63, 3.8) is 0 Å². The molecule has 1 heterocycles. The molecule has 0 bridgehead atoms. The monoisotopic (exact) mass is 183 g/mol. The van der Waals surface area contributed by atoms with Crippen LogP contribution in [0.4, 0.5) is 0 Å². The summed E-state index contributed by atoms with van der Waals surface area (Å²) in [7, 11) is 0. The minimum atomic E-state index is -0.551. The Labute approximate surface area is 76.6 Å². The Balaban J connectivity index is 3.11. The summed E-state index contributed by atoms with van der Waals surface area (Å²) in [5.41, 5.74) is 0.148. The molecule has 0 saturated carbocycles. The van der Waals surface area contributed by atoms with Gasteiger partial charge in [-0.3, -0.25) is 4.98 Å². The Morgan fingerprint density at radius 2 is 2.25 bits per heavy atom. The zero-order chi connectivity index (χ0) is 9.19. The first kappa shape index (κ1) is 9.20. The lowest BCUT2D eigenvalue weighted by molar-refractivity contribution is -0.111. The summed E-state index contributed by atoms with van der Waals surface area (Å²) in [4.78, 5) is 14.7. The van der Waals surface area contributed by atoms with Gasteiger partial charge in [0, 0.05) is 11.2 Å². The number of aromatic nitrogens is 1. The average molecular weight is 184 g/mol. The van der Waals surface area contributed by atoms with Crippen molar-refractivity contribution in [2.75, 3.05) is 0 Å². The molecule has 0 amide bonds. The molecule has 1 aromatic heterocycles. The van der Waals surface area contributed by atoms with E-state index in [4.69, 9.17) is 11.6 Å². The number of rotatable bonds is 2. The molecule has 1 aromatic rings. The highest BCUT2D eigenvalue weighted by Crippen LogP contribution is 2.20. The lowest BCUT2D eigenvalue weighted by atomic mass is 9.91. The van der Waals surface area contributed by atoms with Crippen molar-refractivity contribution in [3.8, 4) is 0 Å². The molecule has 0 aliphatic rings. The van der Waals surface area contributed by atoms with E-state index in [1.807, 2.05) is 0 Å². The number of hydrogen-bond acceptors (Lipinski definition) is 2. The molecule has 0 saturated heterocycles. The van der Waals surface area contributed by atoms with Crippen LogP contribution in [0.25, 0.3) is 0 Å². The van der Waals surface area contributed by atoms with E-state index >= 15 is 0 Å². The van der Waals surface area contributed by atoms with Gasteiger partial charge in [0.25, 0.3) is 0 Å². The molecule has 0 aromatic carbocycles. The van der Waals surface area contributed by atoms with Crippen molar-refractivity contribution < 1.29 is 4.79 Å². The van der Waals surface area contributed by atoms with Crippen LogP contribution in [0.15, 0.2) is 18.3 Å². The van der Waals surface area contributed by atoms with Crippen molar-refractivity contribution in [2.45, 2.75) is 19.3 Å². The molecular weight excluding hydrogens is 174 g/mol. The van der Waals surface area contributed by atoms with E-state index in [1.165, 1.54) is 0 Å². The highest BCUT2D eigenvalue weighted by atomic mass is 35.5. The van der Waals surface area contributed by atoms with Crippen molar-refractivity contribution in [2.24, 2.45) is 0 Å². The Morgan fingerprint density at radius 3 is 2.75 bits per heavy atom. The van der Waals surface area contributed by atoms with E-state index < -0.39 is 5.41 Å². The van der Waals surface area contributed by atoms with Gasteiger partial charge in [-0.15, -0.1) is 0 Å². The first-order chi connectivity index (χ1) is 5.56. The zero-order valence-electron chi connectivity index (χ0n) is 7.04. The molecule has 1 rings (SSSR count). The fraction of sp³-hybridized carbons (Fsp3) is 0.333. The van der Waals surface area contributed by atoms with Crippen LogP contribution in [-0.2, 0) is 10.2 Å². The lowest BCUT2D eigenvalue weighted by Crippen LogP contribution is -2.20. The normalized spacial score (nSPS) is 11.2. The fourth-order valence-electron chi connectivity index (χ4n) is 0.818. The van der Waals surface area contributed by atoms with E-state index in [1.54, 1.807) is 32.2 Å². The van der Waals surface area contributed by atoms with Gasteiger partial charge in [0.15, 0.2) is 0 Å². The summed E-state index contributed by atoms with van der Waals surface area (Å²) in [6, 6.07) is 3.39. The first-order valence-electron chi connectivity index (χ1n) is 3.64. The van der Waals surface area contributed by atoms with Gasteiger partial charge in [0.2, 0.25) is 0 Å². The lowest BCUT2D eigenvalue weighted by Gasteiger charge is -2.15. The van der Waals surface area contributed by atoms with Crippen molar-refractivity contribution >= 4 is 17.9 Å². The summed E-state index contributed by atoms with van der Waals surface area (Å²) in [5, 5.41) is 0.606. The summed E-state index contributed by atoms with van der Waals surface area (Å²) < 4.78 is 0. The highest BCUT2D eigenvalue weighted by molar-refractivity contribution is 6.30. The largest absolute Gasteiger partial charge is 0.302 e. The molecular formula is C9H10ClNO. The predicted molar refractivity (Wildman–Crippen MR) is 48.3 cm³/mol. The second-order valence-corrected chi connectivity index (χ2v) is 3.64. The van der Waals surface area contributed by atoms with Crippen LogP contribution in [-0.4, -0.2) is 11.3 Å². The van der Waals surface area contributed by atoms with E-state index in [-0.39, 0.29) is 0 Å². The fourth-order valence-corrected chi connectivity index (χ4v) is 0.977. The van der Waals surface area contributed by atoms with Crippen LogP contribution >= 0.6 is 11.6 Å². The van der Waals surface area contributed by atoms with Gasteiger partial charge in [-0.1, -0.05) is 11.6 Å². The van der Waals surface area contributed by atoms with Gasteiger partial charge in [-0.05, 0) is 26.0 Å². The van der Waals surface area contributed by atoms with Crippen LogP contribution in [0.1, 0.15) is 19.5 Å². The van der Waals surface area contributed by atoms with Crippen LogP contribution < -0.4 is 0 Å². The third-order valence-electron chi connectivity index (χ3n) is 1.68. The molecule has 2 nitrogen and oxygen atoms in total. The third-order valence-corrected chi connectivity index (χ3v) is 1.91. The maximum Gasteiger partial charge on any atom is 0.131 e. The number of halogens is 1. The van der Waals surface area contributed by atoms with Gasteiger partial charge < -0.3 is 4.79 Å². The SMILES string of the molecule is CC(C)(C=O)c1cc(Cl)ccn1. The number of carbonyl (C=O) groups excluding carboxylic acids is 1. The van der Waals surface area contributed by atoms with Crippen LogP contribution in [0.3, 0.4) is 0 Å². The topological polar surface area (TPSA) is 30.0 Å². The smallest absolute Gasteiger partial charge is 0.131 e. The molecule has 0 aliphatic heterocycles. The Hall–Kier alpha value is -0.890. The molecule has 0 aliphatic carbocycles. The minimum Gasteiger partial charge on any atom is -0.302 e. The van der Waals surface area contributed by atoms with Gasteiger partial charge in [0.05, 0.1) is 11.1 Å². The second kappa shape index (κ2) is 3.23. The molecule has 0 N–H and O–H groups in total. The summed E-state index contributed by atoms with van der Waals surface area (Å²) in [6.07, 6.45) is 2.47. The standard InChI is InChI=1S/C9H10ClNO/c1-9(2,6-12)8-5-7(10)3-4-11-8/h3-6H,1-2H3. The molecule has 12 heavy (non-hydrogen) atoms. The van der Waals surface area contributed by atoms with Gasteiger partial charge in [-0.25, -0.2) is 0 Å². The highest BCUT2D eigenvalue weighted by Gasteiger charge is 2.20. The number of nitrogens with zero attached hydrogens (tertiary/aromatic N) is 1. The maximum absolute atomic E-state index is 10.7. The Kier molecular flexibility index (Phi) is 2.48. The average Bonchev–Trinajstić information content (AvgIpc) is 2.05. The number of hydrogen-bond donors (Lipinski definition) is 0. The first-order valence-corrected chi connectivity index (χ1v) is 4.02. The summed E-state index contributed by atoms with van der Waals surface area (Å²) >= 11 is 5.75. The van der Waals surface area contributed by atoms with Crippen molar-refractivity contribution in [1.82, 2.24) is 4.98 Å². The molecule has 64 valence electrons. The molecule has 0 radical (unpaired) electrons. The molecule has 0 spiro atoms. The second-order valence-electron chi connectivity index (χ2n) is 3.20. The van der Waals surface area contributed by atoms with E-state index in [9.17, 15) is 4.79 Å². The third kappa shape index (κ3) is 1.83. The van der Waals surface area contributed by atoms with Gasteiger partial charge in [0.1, 0.15) is 6.29 Å². The summed E-state index contributed by atoms with van der Waals surface area (Å²) in [6.45, 7) is 3.61. The van der Waals surface area contributed by atoms with Gasteiger partial charge in [-0.2, -0.15) is 0 Å². The summed E-state index contributed by atoms with van der Waals surface area (Å²) in [5.74, 6) is 0. The minimum absolute atomic E-state index is 0.551. The van der Waals surface area contributed by atoms with Crippen molar-refractivity contribution in [3.05, 3.63) is 29.0 Å². The maximum atomic E-state index is 10.7. The van der Waals surface area contributed by atoms with Crippen LogP contribution in [0, 0.1) is 0 Å². The van der Waals surface area contributed by atoms with Crippen molar-refractivity contribution in [1.29, 1.82) is 0 Å². The molecule has 0 fully saturated rings. The van der Waals surface area contributed by atoms with Crippen LogP contribution in [0.2, 0.25) is 5.02 Å². The zero-order valence-corrected chi connectivity index (χ0v) is 7.80. The van der Waals surface area contributed by atoms with Crippen LogP contribution in [0.5, 0.6) is 0 Å². The number of aldehydes is 1. The van der Waals surface area contributed by atoms with E-state index in [0.29, 0.717) is 10.7 Å². The number of pyridine rings is 1. The Morgan fingerprint density at radius 1 is 1.58 bits per heavy atom. The molecule has 3 heteroatoms. The molecule has 0 unspecified atom stereocenters. The van der Waals surface area contributed by atoms with E-state index in [2.05, 4.69) is 4.98 Å². The quantitative estimate of drug-likeness (QED) is 0.658. The predicted octanol–water partition coefficient (Wildman–Crippen LogP) is 2.21. The Bertz CT molecular complexity index is 296. The van der Waals surface area contributed by atoms with Gasteiger partial charge >= 0.3 is 0 Å².